The SMILES string of the molecule is O=S(=O)([O-])[O-].[O-2].[V]. The topological polar surface area (TPSA) is 109 Å². The molecule has 0 aromatic carbocycles. The van der Waals surface area contributed by atoms with Crippen LogP contribution in [0.1, 0.15) is 0 Å². The van der Waals surface area contributed by atoms with Crippen LogP contribution in [0.3, 0.4) is 0 Å². The van der Waals surface area contributed by atoms with E-state index in [1.165, 1.54) is 0 Å². The Morgan fingerprint density at radius 3 is 1.14 bits per heavy atom. The molecule has 5 nitrogen and oxygen atoms in total. The van der Waals surface area contributed by atoms with Crippen molar-refractivity contribution in [1.82, 2.24) is 0 Å². The van der Waals surface area contributed by atoms with Gasteiger partial charge in [0.05, 0.1) is 0 Å². The normalized spacial score (nSPS) is 8.29. The summed E-state index contributed by atoms with van der Waals surface area (Å²) in [6, 6.07) is 0. The third kappa shape index (κ3) is 728. The van der Waals surface area contributed by atoms with Crippen molar-refractivity contribution in [2.75, 3.05) is 0 Å². The van der Waals surface area contributed by atoms with Crippen molar-refractivity contribution in [2.45, 2.75) is 0 Å². The van der Waals surface area contributed by atoms with Gasteiger partial charge in [0.2, 0.25) is 0 Å². The molecule has 0 spiro atoms. The second-order valence-electron chi connectivity index (χ2n) is 0.408. The summed E-state index contributed by atoms with van der Waals surface area (Å²) in [6.07, 6.45) is 0. The van der Waals surface area contributed by atoms with Crippen LogP contribution >= 0.6 is 0 Å². The van der Waals surface area contributed by atoms with Gasteiger partial charge in [-0.05, 0) is 0 Å². The molecule has 0 aliphatic carbocycles. The molecular formula is O5SV-4. The molecule has 0 rings (SSSR count). The fraction of sp³-hybridized carbons (Fsp3) is 0. The van der Waals surface area contributed by atoms with E-state index in [2.05, 4.69) is 0 Å². The van der Waals surface area contributed by atoms with E-state index in [4.69, 9.17) is 17.5 Å². The molecule has 0 saturated heterocycles. The predicted octanol–water partition coefficient (Wildman–Crippen LogP) is -1.46. The van der Waals surface area contributed by atoms with Gasteiger partial charge in [0, 0.05) is 29.0 Å². The average Bonchev–Trinajstić information content (AvgIpc) is 0.722. The molecule has 0 saturated carbocycles. The number of hydrogen-bond donors (Lipinski definition) is 0. The minimum atomic E-state index is -5.17. The third-order valence-corrected chi connectivity index (χ3v) is 0. The van der Waals surface area contributed by atoms with Gasteiger partial charge in [-0.15, -0.1) is 0 Å². The molecule has 0 aromatic heterocycles. The zero-order chi connectivity index (χ0) is 4.50. The van der Waals surface area contributed by atoms with Gasteiger partial charge in [-0.3, -0.25) is 8.42 Å². The maximum Gasteiger partial charge on any atom is 0.0311 e. The summed E-state index contributed by atoms with van der Waals surface area (Å²) in [5, 5.41) is 0. The third-order valence-electron chi connectivity index (χ3n) is 0. The molecule has 0 atom stereocenters. The van der Waals surface area contributed by atoms with Crippen LogP contribution in [0, 0.1) is 0 Å². The van der Waals surface area contributed by atoms with Crippen molar-refractivity contribution in [3.8, 4) is 0 Å². The average molecular weight is 163 g/mol. The second-order valence-corrected chi connectivity index (χ2v) is 1.22. The summed E-state index contributed by atoms with van der Waals surface area (Å²) >= 11 is 0. The van der Waals surface area contributed by atoms with Gasteiger partial charge in [0.25, 0.3) is 0 Å². The van der Waals surface area contributed by atoms with E-state index in [9.17, 15) is 0 Å². The minimum Gasteiger partial charge on any atom is -2.00 e. The molecule has 0 N–H and O–H groups in total. The Hall–Kier alpha value is 0.414. The molecule has 0 unspecified atom stereocenters. The van der Waals surface area contributed by atoms with E-state index in [0.717, 1.165) is 0 Å². The van der Waals surface area contributed by atoms with Crippen molar-refractivity contribution in [1.29, 1.82) is 0 Å². The van der Waals surface area contributed by atoms with E-state index >= 15 is 0 Å². The second kappa shape index (κ2) is 4.57. The first-order chi connectivity index (χ1) is 2.00. The van der Waals surface area contributed by atoms with Gasteiger partial charge in [-0.1, -0.05) is 0 Å². The van der Waals surface area contributed by atoms with Crippen LogP contribution in [0.25, 0.3) is 0 Å². The monoisotopic (exact) mass is 163 g/mol. The van der Waals surface area contributed by atoms with Crippen molar-refractivity contribution in [2.24, 2.45) is 0 Å². The Kier molecular flexibility index (Phi) is 10.2. The van der Waals surface area contributed by atoms with Gasteiger partial charge >= 0.3 is 0 Å². The predicted molar refractivity (Wildman–Crippen MR) is 11.2 cm³/mol. The smallest absolute Gasteiger partial charge is 0.0311 e. The van der Waals surface area contributed by atoms with Crippen LogP contribution in [0.15, 0.2) is 0 Å². The summed E-state index contributed by atoms with van der Waals surface area (Å²) in [6.45, 7) is 0. The van der Waals surface area contributed by atoms with Crippen LogP contribution < -0.4 is 0 Å². The van der Waals surface area contributed by atoms with E-state index in [1.54, 1.807) is 0 Å². The van der Waals surface area contributed by atoms with Crippen LogP contribution in [0.2, 0.25) is 0 Å². The molecule has 7 heteroatoms. The van der Waals surface area contributed by atoms with Crippen LogP contribution in [-0.4, -0.2) is 17.5 Å². The molecule has 0 heterocycles. The number of hydrogen-bond acceptors (Lipinski definition) is 4. The Bertz CT molecular complexity index is 91.2. The zero-order valence-electron chi connectivity index (χ0n) is 2.90. The van der Waals surface area contributed by atoms with Crippen molar-refractivity contribution < 1.29 is 41.6 Å². The van der Waals surface area contributed by atoms with Crippen LogP contribution in [0.5, 0.6) is 0 Å². The summed E-state index contributed by atoms with van der Waals surface area (Å²) in [7, 11) is -5.17. The fourth-order valence-electron chi connectivity index (χ4n) is 0. The molecule has 0 bridgehead atoms. The van der Waals surface area contributed by atoms with Gasteiger partial charge in [0.1, 0.15) is 0 Å². The van der Waals surface area contributed by atoms with Gasteiger partial charge < -0.3 is 14.6 Å². The van der Waals surface area contributed by atoms with E-state index < -0.39 is 10.4 Å². The summed E-state index contributed by atoms with van der Waals surface area (Å²) in [4.78, 5) is 0. The van der Waals surface area contributed by atoms with E-state index in [1.807, 2.05) is 0 Å². The maximum atomic E-state index is 8.52. The van der Waals surface area contributed by atoms with Gasteiger partial charge in [-0.25, -0.2) is 0 Å². The van der Waals surface area contributed by atoms with Crippen molar-refractivity contribution in [3.63, 3.8) is 0 Å². The molecular weight excluding hydrogens is 163 g/mol. The molecule has 0 amide bonds. The van der Waals surface area contributed by atoms with Crippen molar-refractivity contribution >= 4 is 10.4 Å². The fourth-order valence-corrected chi connectivity index (χ4v) is 0. The number of rotatable bonds is 0. The Labute approximate surface area is 52.5 Å². The summed E-state index contributed by atoms with van der Waals surface area (Å²) in [5.41, 5.74) is 0. The molecule has 45 valence electrons. The van der Waals surface area contributed by atoms with Gasteiger partial charge in [0.15, 0.2) is 0 Å². The Balaban J connectivity index is -0.0000000800. The zero-order valence-corrected chi connectivity index (χ0v) is 5.11. The quantitative estimate of drug-likeness (QED) is 0.321. The van der Waals surface area contributed by atoms with E-state index in [0.29, 0.717) is 0 Å². The first kappa shape index (κ1) is 15.7. The molecule has 0 fully saturated rings. The Morgan fingerprint density at radius 1 is 1.14 bits per heavy atom. The molecule has 1 radical (unpaired) electrons. The van der Waals surface area contributed by atoms with Crippen LogP contribution in [0.4, 0.5) is 0 Å². The first-order valence-electron chi connectivity index (χ1n) is 0.667. The largest absolute Gasteiger partial charge is 2.00 e. The Morgan fingerprint density at radius 2 is 1.14 bits per heavy atom. The standard InChI is InChI=1S/H2O4S.O.V/c1-5(2,3)4;;/h(H2,1,2,3,4);;/q;-2;/p-2. The van der Waals surface area contributed by atoms with Crippen molar-refractivity contribution in [3.05, 3.63) is 0 Å². The van der Waals surface area contributed by atoms with Crippen LogP contribution in [-0.2, 0) is 34.4 Å². The molecule has 7 heavy (non-hydrogen) atoms. The molecule has 0 aromatic rings. The molecule has 0 aliphatic heterocycles. The molecule has 0 aliphatic rings. The summed E-state index contributed by atoms with van der Waals surface area (Å²) < 4.78 is 34.1. The van der Waals surface area contributed by atoms with Gasteiger partial charge in [-0.2, -0.15) is 0 Å². The first-order valence-corrected chi connectivity index (χ1v) is 2.00. The minimum absolute atomic E-state index is 0. The maximum absolute atomic E-state index is 8.52. The van der Waals surface area contributed by atoms with E-state index in [-0.39, 0.29) is 24.0 Å². The summed E-state index contributed by atoms with van der Waals surface area (Å²) in [5.74, 6) is 0.